The molecule has 0 atom stereocenters. The lowest BCUT2D eigenvalue weighted by Gasteiger charge is -2.09. The van der Waals surface area contributed by atoms with Crippen LogP contribution in [0.5, 0.6) is 5.75 Å². The number of amides is 1. The number of ether oxygens (including phenoxy) is 1. The van der Waals surface area contributed by atoms with Gasteiger partial charge in [0.25, 0.3) is 0 Å². The standard InChI is InChI=1S/C17H17Cl2NO2/c1-12-7-9-13(10-8-12)22-11-3-6-16(21)20-17-14(18)4-2-5-15(17)19/h2,4-5,7-10H,3,6,11H2,1H3,(H,20,21). The van der Waals surface area contributed by atoms with Crippen LogP contribution in [-0.4, -0.2) is 12.5 Å². The zero-order valence-corrected chi connectivity index (χ0v) is 13.7. The zero-order valence-electron chi connectivity index (χ0n) is 12.2. The molecule has 1 amide bonds. The van der Waals surface area contributed by atoms with Crippen LogP contribution in [0.3, 0.4) is 0 Å². The first-order valence-electron chi connectivity index (χ1n) is 6.99. The topological polar surface area (TPSA) is 38.3 Å². The number of hydrogen-bond donors (Lipinski definition) is 1. The van der Waals surface area contributed by atoms with Gasteiger partial charge in [0.05, 0.1) is 22.3 Å². The van der Waals surface area contributed by atoms with E-state index in [1.807, 2.05) is 31.2 Å². The third-order valence-corrected chi connectivity index (χ3v) is 3.70. The van der Waals surface area contributed by atoms with Gasteiger partial charge in [-0.3, -0.25) is 4.79 Å². The molecule has 22 heavy (non-hydrogen) atoms. The summed E-state index contributed by atoms with van der Waals surface area (Å²) in [4.78, 5) is 11.9. The molecule has 2 rings (SSSR count). The second-order valence-corrected chi connectivity index (χ2v) is 5.72. The molecular weight excluding hydrogens is 321 g/mol. The summed E-state index contributed by atoms with van der Waals surface area (Å²) in [6.45, 7) is 2.50. The Morgan fingerprint density at radius 1 is 1.09 bits per heavy atom. The van der Waals surface area contributed by atoms with Gasteiger partial charge in [-0.1, -0.05) is 47.0 Å². The Morgan fingerprint density at radius 2 is 1.73 bits per heavy atom. The van der Waals surface area contributed by atoms with Crippen LogP contribution in [0, 0.1) is 6.92 Å². The second kappa shape index (κ2) is 8.06. The van der Waals surface area contributed by atoms with E-state index >= 15 is 0 Å². The molecule has 2 aromatic carbocycles. The first kappa shape index (κ1) is 16.7. The van der Waals surface area contributed by atoms with Crippen LogP contribution in [0.4, 0.5) is 5.69 Å². The Bertz CT molecular complexity index is 621. The van der Waals surface area contributed by atoms with Crippen molar-refractivity contribution in [3.05, 3.63) is 58.1 Å². The van der Waals surface area contributed by atoms with Gasteiger partial charge in [0.1, 0.15) is 5.75 Å². The Labute approximate surface area is 140 Å². The number of aryl methyl sites for hydroxylation is 1. The molecule has 0 saturated carbocycles. The highest BCUT2D eigenvalue weighted by Crippen LogP contribution is 2.29. The quantitative estimate of drug-likeness (QED) is 0.744. The Balaban J connectivity index is 1.75. The Kier molecular flexibility index (Phi) is 6.10. The summed E-state index contributed by atoms with van der Waals surface area (Å²) >= 11 is 12.0. The summed E-state index contributed by atoms with van der Waals surface area (Å²) in [6, 6.07) is 12.9. The van der Waals surface area contributed by atoms with Crippen molar-refractivity contribution < 1.29 is 9.53 Å². The van der Waals surface area contributed by atoms with Gasteiger partial charge >= 0.3 is 0 Å². The van der Waals surface area contributed by atoms with E-state index < -0.39 is 0 Å². The number of nitrogens with one attached hydrogen (secondary N) is 1. The van der Waals surface area contributed by atoms with Crippen molar-refractivity contribution >= 4 is 34.8 Å². The fraction of sp³-hybridized carbons (Fsp3) is 0.235. The molecule has 0 aliphatic rings. The van der Waals surface area contributed by atoms with E-state index in [-0.39, 0.29) is 5.91 Å². The van der Waals surface area contributed by atoms with Crippen molar-refractivity contribution in [3.8, 4) is 5.75 Å². The molecule has 0 aliphatic carbocycles. The summed E-state index contributed by atoms with van der Waals surface area (Å²) in [5.41, 5.74) is 1.64. The van der Waals surface area contributed by atoms with Gasteiger partial charge in [-0.05, 0) is 37.6 Å². The maximum absolute atomic E-state index is 11.9. The molecule has 0 radical (unpaired) electrons. The van der Waals surface area contributed by atoms with Crippen molar-refractivity contribution in [1.29, 1.82) is 0 Å². The molecule has 0 spiro atoms. The maximum atomic E-state index is 11.9. The molecule has 0 bridgehead atoms. The smallest absolute Gasteiger partial charge is 0.224 e. The molecule has 116 valence electrons. The van der Waals surface area contributed by atoms with Crippen LogP contribution in [0.1, 0.15) is 18.4 Å². The van der Waals surface area contributed by atoms with E-state index in [1.54, 1.807) is 18.2 Å². The van der Waals surface area contributed by atoms with Crippen LogP contribution < -0.4 is 10.1 Å². The number of anilines is 1. The molecule has 1 N–H and O–H groups in total. The monoisotopic (exact) mass is 337 g/mol. The normalized spacial score (nSPS) is 10.3. The number of benzene rings is 2. The molecular formula is C17H17Cl2NO2. The maximum Gasteiger partial charge on any atom is 0.224 e. The summed E-state index contributed by atoms with van der Waals surface area (Å²) in [5.74, 6) is 0.669. The highest BCUT2D eigenvalue weighted by molar-refractivity contribution is 6.39. The highest BCUT2D eigenvalue weighted by atomic mass is 35.5. The largest absolute Gasteiger partial charge is 0.494 e. The molecule has 0 aliphatic heterocycles. The average molecular weight is 338 g/mol. The predicted molar refractivity (Wildman–Crippen MR) is 91.0 cm³/mol. The van der Waals surface area contributed by atoms with E-state index in [4.69, 9.17) is 27.9 Å². The molecule has 0 aromatic heterocycles. The van der Waals surface area contributed by atoms with Crippen molar-refractivity contribution in [1.82, 2.24) is 0 Å². The van der Waals surface area contributed by atoms with E-state index in [1.165, 1.54) is 5.56 Å². The van der Waals surface area contributed by atoms with Gasteiger partial charge in [-0.15, -0.1) is 0 Å². The Hall–Kier alpha value is -1.71. The van der Waals surface area contributed by atoms with Gasteiger partial charge in [0.2, 0.25) is 5.91 Å². The zero-order chi connectivity index (χ0) is 15.9. The molecule has 0 saturated heterocycles. The Morgan fingerprint density at radius 3 is 2.36 bits per heavy atom. The lowest BCUT2D eigenvalue weighted by molar-refractivity contribution is -0.116. The van der Waals surface area contributed by atoms with Crippen LogP contribution in [-0.2, 0) is 4.79 Å². The van der Waals surface area contributed by atoms with Crippen LogP contribution in [0.15, 0.2) is 42.5 Å². The third kappa shape index (κ3) is 4.93. The number of halogens is 2. The highest BCUT2D eigenvalue weighted by Gasteiger charge is 2.09. The van der Waals surface area contributed by atoms with Crippen molar-refractivity contribution in [2.45, 2.75) is 19.8 Å². The second-order valence-electron chi connectivity index (χ2n) is 4.91. The van der Waals surface area contributed by atoms with E-state index in [2.05, 4.69) is 5.32 Å². The molecule has 0 heterocycles. The van der Waals surface area contributed by atoms with E-state index in [9.17, 15) is 4.79 Å². The van der Waals surface area contributed by atoms with Gasteiger partial charge in [-0.2, -0.15) is 0 Å². The minimum atomic E-state index is -0.137. The summed E-state index contributed by atoms with van der Waals surface area (Å²) < 4.78 is 5.58. The summed E-state index contributed by atoms with van der Waals surface area (Å²) in [7, 11) is 0. The number of carbonyl (C=O) groups is 1. The summed E-state index contributed by atoms with van der Waals surface area (Å²) in [6.07, 6.45) is 0.954. The minimum absolute atomic E-state index is 0.137. The average Bonchev–Trinajstić information content (AvgIpc) is 2.49. The molecule has 5 heteroatoms. The summed E-state index contributed by atoms with van der Waals surface area (Å²) in [5, 5.41) is 3.58. The first-order valence-corrected chi connectivity index (χ1v) is 7.75. The van der Waals surface area contributed by atoms with Crippen LogP contribution in [0.2, 0.25) is 10.0 Å². The molecule has 3 nitrogen and oxygen atoms in total. The van der Waals surface area contributed by atoms with Crippen molar-refractivity contribution in [3.63, 3.8) is 0 Å². The number of para-hydroxylation sites is 1. The van der Waals surface area contributed by atoms with Gasteiger partial charge in [0, 0.05) is 6.42 Å². The molecule has 2 aromatic rings. The predicted octanol–water partition coefficient (Wildman–Crippen LogP) is 5.10. The SMILES string of the molecule is Cc1ccc(OCCCC(=O)Nc2c(Cl)cccc2Cl)cc1. The van der Waals surface area contributed by atoms with Crippen LogP contribution in [0.25, 0.3) is 0 Å². The van der Waals surface area contributed by atoms with Gasteiger partial charge in [0.15, 0.2) is 0 Å². The fourth-order valence-corrected chi connectivity index (χ4v) is 2.37. The van der Waals surface area contributed by atoms with Crippen molar-refractivity contribution in [2.75, 3.05) is 11.9 Å². The first-order chi connectivity index (χ1) is 10.6. The molecule has 0 fully saturated rings. The minimum Gasteiger partial charge on any atom is -0.494 e. The third-order valence-electron chi connectivity index (χ3n) is 3.07. The number of rotatable bonds is 6. The van der Waals surface area contributed by atoms with E-state index in [0.29, 0.717) is 35.2 Å². The van der Waals surface area contributed by atoms with Crippen molar-refractivity contribution in [2.24, 2.45) is 0 Å². The number of hydrogen-bond acceptors (Lipinski definition) is 2. The van der Waals surface area contributed by atoms with Gasteiger partial charge in [-0.25, -0.2) is 0 Å². The van der Waals surface area contributed by atoms with E-state index in [0.717, 1.165) is 5.75 Å². The lowest BCUT2D eigenvalue weighted by Crippen LogP contribution is -2.13. The lowest BCUT2D eigenvalue weighted by atomic mass is 10.2. The van der Waals surface area contributed by atoms with Gasteiger partial charge < -0.3 is 10.1 Å². The molecule has 0 unspecified atom stereocenters. The number of carbonyl (C=O) groups excluding carboxylic acids is 1. The fourth-order valence-electron chi connectivity index (χ4n) is 1.88. The van der Waals surface area contributed by atoms with Crippen LogP contribution >= 0.6 is 23.2 Å².